The molecule has 3 fully saturated rings. The number of hydrogen-bond donors (Lipinski definition) is 0. The van der Waals surface area contributed by atoms with Crippen molar-refractivity contribution in [2.45, 2.75) is 71.3 Å². The summed E-state index contributed by atoms with van der Waals surface area (Å²) in [7, 11) is 1.90. The molecular weight excluding hydrogens is 272 g/mol. The standard InChI is InChI=1S/C20H30O2/c1-19-10-8-14(21)12-13(19)4-5-15-16-6-7-18(22-3)20(16,2)11-9-17(15)19/h12,15-18H,4-11H2,1-3H3/t15-,16-,17-,18+,19+,20-/m1/s1. The van der Waals surface area contributed by atoms with Crippen LogP contribution in [0.4, 0.5) is 0 Å². The predicted molar refractivity (Wildman–Crippen MR) is 87.5 cm³/mol. The second-order valence-electron chi connectivity index (χ2n) is 8.82. The van der Waals surface area contributed by atoms with Crippen LogP contribution < -0.4 is 0 Å². The Bertz CT molecular complexity index is 522. The summed E-state index contributed by atoms with van der Waals surface area (Å²) in [5.41, 5.74) is 2.19. The van der Waals surface area contributed by atoms with E-state index < -0.39 is 0 Å². The number of carbonyl (C=O) groups is 1. The van der Waals surface area contributed by atoms with Crippen LogP contribution in [0.3, 0.4) is 0 Å². The molecule has 0 bridgehead atoms. The Hall–Kier alpha value is -0.630. The van der Waals surface area contributed by atoms with Crippen molar-refractivity contribution in [1.82, 2.24) is 0 Å². The van der Waals surface area contributed by atoms with Crippen LogP contribution in [0.25, 0.3) is 0 Å². The summed E-state index contributed by atoms with van der Waals surface area (Å²) in [5.74, 6) is 2.86. The molecule has 0 aromatic heterocycles. The Morgan fingerprint density at radius 2 is 1.86 bits per heavy atom. The van der Waals surface area contributed by atoms with Gasteiger partial charge in [-0.3, -0.25) is 4.79 Å². The third-order valence-electron chi connectivity index (χ3n) is 8.16. The van der Waals surface area contributed by atoms with Gasteiger partial charge in [-0.1, -0.05) is 19.4 Å². The molecule has 0 spiro atoms. The number of ether oxygens (including phenoxy) is 1. The molecule has 3 saturated carbocycles. The van der Waals surface area contributed by atoms with E-state index >= 15 is 0 Å². The average molecular weight is 302 g/mol. The summed E-state index contributed by atoms with van der Waals surface area (Å²) in [6, 6.07) is 0. The van der Waals surface area contributed by atoms with Gasteiger partial charge in [-0.15, -0.1) is 0 Å². The monoisotopic (exact) mass is 302 g/mol. The van der Waals surface area contributed by atoms with Crippen molar-refractivity contribution in [2.24, 2.45) is 28.6 Å². The summed E-state index contributed by atoms with van der Waals surface area (Å²) in [6.45, 7) is 4.96. The van der Waals surface area contributed by atoms with Crippen molar-refractivity contribution in [3.05, 3.63) is 11.6 Å². The number of methoxy groups -OCH3 is 1. The van der Waals surface area contributed by atoms with E-state index in [0.717, 1.165) is 37.0 Å². The van der Waals surface area contributed by atoms with E-state index in [1.165, 1.54) is 37.7 Å². The number of carbonyl (C=O) groups excluding carboxylic acids is 1. The van der Waals surface area contributed by atoms with Crippen LogP contribution in [0.1, 0.15) is 65.2 Å². The van der Waals surface area contributed by atoms with Gasteiger partial charge in [0.25, 0.3) is 0 Å². The van der Waals surface area contributed by atoms with Crippen LogP contribution >= 0.6 is 0 Å². The first-order valence-corrected chi connectivity index (χ1v) is 9.26. The fraction of sp³-hybridized carbons (Fsp3) is 0.850. The molecule has 0 N–H and O–H groups in total. The number of ketones is 1. The zero-order chi connectivity index (χ0) is 15.5. The third-order valence-corrected chi connectivity index (χ3v) is 8.16. The van der Waals surface area contributed by atoms with Gasteiger partial charge in [0.15, 0.2) is 5.78 Å². The predicted octanol–water partition coefficient (Wildman–Crippen LogP) is 4.53. The smallest absolute Gasteiger partial charge is 0.155 e. The molecule has 6 atom stereocenters. The van der Waals surface area contributed by atoms with E-state index in [-0.39, 0.29) is 0 Å². The Morgan fingerprint density at radius 3 is 2.64 bits per heavy atom. The minimum Gasteiger partial charge on any atom is -0.381 e. The Labute approximate surface area is 134 Å². The van der Waals surface area contributed by atoms with Gasteiger partial charge in [-0.25, -0.2) is 0 Å². The lowest BCUT2D eigenvalue weighted by molar-refractivity contribution is -0.118. The molecule has 0 aromatic carbocycles. The molecule has 22 heavy (non-hydrogen) atoms. The second kappa shape index (κ2) is 4.93. The quantitative estimate of drug-likeness (QED) is 0.711. The molecule has 0 aromatic rings. The topological polar surface area (TPSA) is 26.3 Å². The molecule has 0 unspecified atom stereocenters. The number of allylic oxidation sites excluding steroid dienone is 1. The Balaban J connectivity index is 1.67. The molecule has 4 rings (SSSR count). The van der Waals surface area contributed by atoms with Gasteiger partial charge in [-0.05, 0) is 79.6 Å². The van der Waals surface area contributed by atoms with E-state index in [1.807, 2.05) is 13.2 Å². The molecule has 0 heterocycles. The molecule has 0 aliphatic heterocycles. The van der Waals surface area contributed by atoms with E-state index in [4.69, 9.17) is 4.74 Å². The van der Waals surface area contributed by atoms with Crippen LogP contribution in [-0.4, -0.2) is 19.0 Å². The highest BCUT2D eigenvalue weighted by molar-refractivity contribution is 5.91. The molecule has 4 aliphatic rings. The summed E-state index contributed by atoms with van der Waals surface area (Å²) in [4.78, 5) is 11.8. The molecule has 4 aliphatic carbocycles. The normalized spacial score (nSPS) is 50.9. The first-order valence-electron chi connectivity index (χ1n) is 9.26. The van der Waals surface area contributed by atoms with Crippen LogP contribution in [0, 0.1) is 28.6 Å². The van der Waals surface area contributed by atoms with Crippen molar-refractivity contribution >= 4 is 5.78 Å². The Morgan fingerprint density at radius 1 is 1.05 bits per heavy atom. The molecule has 0 saturated heterocycles. The van der Waals surface area contributed by atoms with Crippen molar-refractivity contribution in [3.63, 3.8) is 0 Å². The van der Waals surface area contributed by atoms with E-state index in [2.05, 4.69) is 13.8 Å². The van der Waals surface area contributed by atoms with Crippen LogP contribution in [0.2, 0.25) is 0 Å². The highest BCUT2D eigenvalue weighted by Crippen LogP contribution is 2.65. The highest BCUT2D eigenvalue weighted by Gasteiger charge is 2.59. The minimum absolute atomic E-state index is 0.309. The summed E-state index contributed by atoms with van der Waals surface area (Å²) in [5, 5.41) is 0. The maximum absolute atomic E-state index is 11.8. The molecular formula is C20H30O2. The Kier molecular flexibility index (Phi) is 3.35. The average Bonchev–Trinajstić information content (AvgIpc) is 2.84. The fourth-order valence-electron chi connectivity index (χ4n) is 6.90. The van der Waals surface area contributed by atoms with Gasteiger partial charge in [-0.2, -0.15) is 0 Å². The largest absolute Gasteiger partial charge is 0.381 e. The molecule has 0 radical (unpaired) electrons. The van der Waals surface area contributed by atoms with Gasteiger partial charge in [0.05, 0.1) is 6.10 Å². The highest BCUT2D eigenvalue weighted by atomic mass is 16.5. The molecule has 2 heteroatoms. The van der Waals surface area contributed by atoms with Gasteiger partial charge in [0.1, 0.15) is 0 Å². The lowest BCUT2D eigenvalue weighted by atomic mass is 9.47. The SMILES string of the molecule is CO[C@H]1CC[C@@H]2[C@H]3CCC4=CC(=O)CC[C@]4(C)[C@@H]3CC[C@@]12C. The second-order valence-corrected chi connectivity index (χ2v) is 8.82. The van der Waals surface area contributed by atoms with Gasteiger partial charge in [0, 0.05) is 13.5 Å². The van der Waals surface area contributed by atoms with E-state index in [0.29, 0.717) is 22.7 Å². The maximum atomic E-state index is 11.8. The number of fused-ring (bicyclic) bond motifs is 5. The van der Waals surface area contributed by atoms with Gasteiger partial charge < -0.3 is 4.74 Å². The summed E-state index contributed by atoms with van der Waals surface area (Å²) < 4.78 is 5.85. The van der Waals surface area contributed by atoms with E-state index in [9.17, 15) is 4.79 Å². The first kappa shape index (κ1) is 14.9. The van der Waals surface area contributed by atoms with Crippen molar-refractivity contribution < 1.29 is 9.53 Å². The van der Waals surface area contributed by atoms with E-state index in [1.54, 1.807) is 0 Å². The van der Waals surface area contributed by atoms with Crippen molar-refractivity contribution in [1.29, 1.82) is 0 Å². The van der Waals surface area contributed by atoms with Gasteiger partial charge >= 0.3 is 0 Å². The lowest BCUT2D eigenvalue weighted by Crippen LogP contribution is -2.51. The number of hydrogen-bond acceptors (Lipinski definition) is 2. The molecule has 122 valence electrons. The number of rotatable bonds is 1. The van der Waals surface area contributed by atoms with Crippen LogP contribution in [-0.2, 0) is 9.53 Å². The van der Waals surface area contributed by atoms with Gasteiger partial charge in [0.2, 0.25) is 0 Å². The third kappa shape index (κ3) is 1.85. The van der Waals surface area contributed by atoms with Crippen LogP contribution in [0.5, 0.6) is 0 Å². The lowest BCUT2D eigenvalue weighted by Gasteiger charge is -2.57. The molecule has 2 nitrogen and oxygen atoms in total. The van der Waals surface area contributed by atoms with Crippen molar-refractivity contribution in [3.8, 4) is 0 Å². The first-order chi connectivity index (χ1) is 10.5. The zero-order valence-corrected chi connectivity index (χ0v) is 14.4. The van der Waals surface area contributed by atoms with Crippen molar-refractivity contribution in [2.75, 3.05) is 7.11 Å². The summed E-state index contributed by atoms with van der Waals surface area (Å²) in [6.07, 6.45) is 12.1. The minimum atomic E-state index is 0.309. The van der Waals surface area contributed by atoms with Crippen LogP contribution in [0.15, 0.2) is 11.6 Å². The molecule has 0 amide bonds. The zero-order valence-electron chi connectivity index (χ0n) is 14.4. The summed E-state index contributed by atoms with van der Waals surface area (Å²) >= 11 is 0. The fourth-order valence-corrected chi connectivity index (χ4v) is 6.90. The maximum Gasteiger partial charge on any atom is 0.155 e.